The fourth-order valence-corrected chi connectivity index (χ4v) is 1.60. The van der Waals surface area contributed by atoms with Crippen LogP contribution < -0.4 is 5.73 Å². The average molecular weight is 231 g/mol. The summed E-state index contributed by atoms with van der Waals surface area (Å²) in [4.78, 5) is 8.68. The lowest BCUT2D eigenvalue weighted by atomic mass is 10.0. The Morgan fingerprint density at radius 2 is 2.06 bits per heavy atom. The zero-order chi connectivity index (χ0) is 12.5. The van der Waals surface area contributed by atoms with Gasteiger partial charge in [-0.3, -0.25) is 0 Å². The molecule has 0 aromatic carbocycles. The summed E-state index contributed by atoms with van der Waals surface area (Å²) in [6.45, 7) is 5.83. The highest BCUT2D eigenvalue weighted by Crippen LogP contribution is 2.19. The van der Waals surface area contributed by atoms with E-state index in [0.717, 1.165) is 23.0 Å². The second-order valence-corrected chi connectivity index (χ2v) is 4.93. The first kappa shape index (κ1) is 11.8. The highest BCUT2D eigenvalue weighted by Gasteiger charge is 2.14. The summed E-state index contributed by atoms with van der Waals surface area (Å²) in [7, 11) is 0. The number of aromatic nitrogens is 2. The quantitative estimate of drug-likeness (QED) is 0.880. The summed E-state index contributed by atoms with van der Waals surface area (Å²) in [5, 5.41) is 0. The molecule has 0 atom stereocenters. The minimum absolute atomic E-state index is 0.308. The van der Waals surface area contributed by atoms with Crippen LogP contribution in [0, 0.1) is 6.92 Å². The van der Waals surface area contributed by atoms with Crippen molar-refractivity contribution in [1.29, 1.82) is 0 Å². The molecule has 0 aliphatic carbocycles. The van der Waals surface area contributed by atoms with Crippen molar-refractivity contribution in [3.05, 3.63) is 36.0 Å². The maximum Gasteiger partial charge on any atom is 0.152 e. The first-order chi connectivity index (χ1) is 7.94. The number of rotatable bonds is 3. The molecule has 17 heavy (non-hydrogen) atoms. The van der Waals surface area contributed by atoms with E-state index in [1.54, 1.807) is 6.20 Å². The lowest BCUT2D eigenvalue weighted by Gasteiger charge is -2.16. The Morgan fingerprint density at radius 1 is 1.29 bits per heavy atom. The normalized spacial score (nSPS) is 11.8. The van der Waals surface area contributed by atoms with Crippen molar-refractivity contribution in [1.82, 2.24) is 9.97 Å². The highest BCUT2D eigenvalue weighted by atomic mass is 16.3. The maximum absolute atomic E-state index is 5.96. The Bertz CT molecular complexity index is 511. The van der Waals surface area contributed by atoms with Gasteiger partial charge in [0.1, 0.15) is 17.3 Å². The number of aryl methyl sites for hydroxylation is 1. The number of hydrogen-bond acceptors (Lipinski definition) is 4. The van der Waals surface area contributed by atoms with Crippen molar-refractivity contribution in [3.8, 4) is 11.5 Å². The topological polar surface area (TPSA) is 64.9 Å². The van der Waals surface area contributed by atoms with Gasteiger partial charge in [0.2, 0.25) is 0 Å². The Hall–Kier alpha value is -1.68. The first-order valence-corrected chi connectivity index (χ1v) is 5.62. The van der Waals surface area contributed by atoms with E-state index in [-0.39, 0.29) is 5.54 Å². The van der Waals surface area contributed by atoms with Gasteiger partial charge in [0.05, 0.1) is 0 Å². The molecule has 0 aliphatic rings. The van der Waals surface area contributed by atoms with Crippen LogP contribution in [0.1, 0.15) is 25.4 Å². The zero-order valence-corrected chi connectivity index (χ0v) is 10.4. The first-order valence-electron chi connectivity index (χ1n) is 5.62. The molecule has 2 aromatic heterocycles. The summed E-state index contributed by atoms with van der Waals surface area (Å²) >= 11 is 0. The van der Waals surface area contributed by atoms with Gasteiger partial charge in [-0.15, -0.1) is 0 Å². The Morgan fingerprint density at radius 3 is 2.65 bits per heavy atom. The van der Waals surface area contributed by atoms with E-state index in [1.165, 1.54) is 0 Å². The van der Waals surface area contributed by atoms with Crippen LogP contribution >= 0.6 is 0 Å². The van der Waals surface area contributed by atoms with Crippen molar-refractivity contribution in [2.75, 3.05) is 0 Å². The highest BCUT2D eigenvalue weighted by molar-refractivity contribution is 5.51. The molecule has 90 valence electrons. The number of nitrogens with two attached hydrogens (primary N) is 1. The Kier molecular flexibility index (Phi) is 2.98. The van der Waals surface area contributed by atoms with Crippen LogP contribution in [0.2, 0.25) is 0 Å². The number of furan rings is 1. The fraction of sp³-hybridized carbons (Fsp3) is 0.385. The largest absolute Gasteiger partial charge is 0.460 e. The van der Waals surface area contributed by atoms with E-state index in [9.17, 15) is 0 Å². The zero-order valence-electron chi connectivity index (χ0n) is 10.4. The monoisotopic (exact) mass is 231 g/mol. The van der Waals surface area contributed by atoms with Crippen LogP contribution in [-0.2, 0) is 6.42 Å². The van der Waals surface area contributed by atoms with E-state index >= 15 is 0 Å². The summed E-state index contributed by atoms with van der Waals surface area (Å²) < 4.78 is 5.53. The molecule has 0 unspecified atom stereocenters. The van der Waals surface area contributed by atoms with Crippen molar-refractivity contribution in [2.24, 2.45) is 5.73 Å². The average Bonchev–Trinajstić information content (AvgIpc) is 2.63. The SMILES string of the molecule is Cc1ccc(-c2ccnc(CC(C)(C)N)n2)o1. The van der Waals surface area contributed by atoms with Crippen LogP contribution in [0.4, 0.5) is 0 Å². The van der Waals surface area contributed by atoms with E-state index in [0.29, 0.717) is 6.42 Å². The van der Waals surface area contributed by atoms with Gasteiger partial charge < -0.3 is 10.2 Å². The summed E-state index contributed by atoms with van der Waals surface area (Å²) in [5.74, 6) is 2.38. The van der Waals surface area contributed by atoms with Crippen LogP contribution in [0.25, 0.3) is 11.5 Å². The summed E-state index contributed by atoms with van der Waals surface area (Å²) in [5.41, 5.74) is 6.45. The van der Waals surface area contributed by atoms with Crippen LogP contribution in [-0.4, -0.2) is 15.5 Å². The smallest absolute Gasteiger partial charge is 0.152 e. The van der Waals surface area contributed by atoms with Gasteiger partial charge in [-0.05, 0) is 39.0 Å². The molecule has 0 saturated heterocycles. The lowest BCUT2D eigenvalue weighted by molar-refractivity contribution is 0.501. The van der Waals surface area contributed by atoms with Crippen molar-refractivity contribution in [3.63, 3.8) is 0 Å². The molecule has 4 heteroatoms. The third-order valence-electron chi connectivity index (χ3n) is 2.31. The molecule has 0 radical (unpaired) electrons. The van der Waals surface area contributed by atoms with E-state index in [4.69, 9.17) is 10.2 Å². The summed E-state index contributed by atoms with van der Waals surface area (Å²) in [6, 6.07) is 5.67. The number of hydrogen-bond donors (Lipinski definition) is 1. The maximum atomic E-state index is 5.96. The standard InChI is InChI=1S/C13H17N3O/c1-9-4-5-11(17-9)10-6-7-15-12(16-10)8-13(2,3)14/h4-7H,8,14H2,1-3H3. The molecule has 0 spiro atoms. The van der Waals surface area contributed by atoms with E-state index in [2.05, 4.69) is 9.97 Å². The molecule has 2 rings (SSSR count). The van der Waals surface area contributed by atoms with Gasteiger partial charge in [-0.1, -0.05) is 0 Å². The van der Waals surface area contributed by atoms with Gasteiger partial charge in [0, 0.05) is 18.2 Å². The van der Waals surface area contributed by atoms with Crippen LogP contribution in [0.15, 0.2) is 28.8 Å². The minimum atomic E-state index is -0.308. The van der Waals surface area contributed by atoms with Crippen molar-refractivity contribution >= 4 is 0 Å². The van der Waals surface area contributed by atoms with Gasteiger partial charge in [0.15, 0.2) is 5.76 Å². The van der Waals surface area contributed by atoms with E-state index in [1.807, 2.05) is 39.0 Å². The van der Waals surface area contributed by atoms with Gasteiger partial charge in [-0.25, -0.2) is 9.97 Å². The van der Waals surface area contributed by atoms with Crippen molar-refractivity contribution in [2.45, 2.75) is 32.7 Å². The minimum Gasteiger partial charge on any atom is -0.460 e. The predicted octanol–water partition coefficient (Wildman–Crippen LogP) is 2.32. The lowest BCUT2D eigenvalue weighted by Crippen LogP contribution is -2.35. The molecule has 0 saturated carbocycles. The second kappa shape index (κ2) is 4.30. The molecular formula is C13H17N3O. The molecule has 0 amide bonds. The molecule has 2 N–H and O–H groups in total. The summed E-state index contributed by atoms with van der Waals surface area (Å²) in [6.07, 6.45) is 2.38. The predicted molar refractivity (Wildman–Crippen MR) is 66.4 cm³/mol. The number of nitrogens with zero attached hydrogens (tertiary/aromatic N) is 2. The van der Waals surface area contributed by atoms with Gasteiger partial charge >= 0.3 is 0 Å². The molecule has 4 nitrogen and oxygen atoms in total. The Balaban J connectivity index is 2.29. The van der Waals surface area contributed by atoms with Crippen LogP contribution in [0.3, 0.4) is 0 Å². The Labute approximate surface area is 101 Å². The second-order valence-electron chi connectivity index (χ2n) is 4.93. The third kappa shape index (κ3) is 3.14. The fourth-order valence-electron chi connectivity index (χ4n) is 1.60. The molecule has 2 aromatic rings. The van der Waals surface area contributed by atoms with Crippen molar-refractivity contribution < 1.29 is 4.42 Å². The molecule has 0 aliphatic heterocycles. The van der Waals surface area contributed by atoms with Gasteiger partial charge in [-0.2, -0.15) is 0 Å². The molecule has 0 fully saturated rings. The molecular weight excluding hydrogens is 214 g/mol. The molecule has 0 bridgehead atoms. The van der Waals surface area contributed by atoms with E-state index < -0.39 is 0 Å². The molecule has 2 heterocycles. The van der Waals surface area contributed by atoms with Gasteiger partial charge in [0.25, 0.3) is 0 Å². The van der Waals surface area contributed by atoms with Crippen LogP contribution in [0.5, 0.6) is 0 Å². The third-order valence-corrected chi connectivity index (χ3v) is 2.31.